The molecule has 1 fully saturated rings. The monoisotopic (exact) mass is 392 g/mol. The Balaban J connectivity index is 2.01. The summed E-state index contributed by atoms with van der Waals surface area (Å²) in [5, 5.41) is 3.00. The Bertz CT molecular complexity index is 757. The van der Waals surface area contributed by atoms with Crippen molar-refractivity contribution >= 4 is 45.8 Å². The second-order valence-electron chi connectivity index (χ2n) is 5.39. The van der Waals surface area contributed by atoms with Gasteiger partial charge in [0.1, 0.15) is 9.52 Å². The van der Waals surface area contributed by atoms with Crippen molar-refractivity contribution in [2.24, 2.45) is 0 Å². The lowest BCUT2D eigenvalue weighted by Gasteiger charge is -2.24. The molecule has 2 aliphatic rings. The Hall–Kier alpha value is -1.70. The Labute approximate surface area is 135 Å². The maximum absolute atomic E-state index is 12.5. The van der Waals surface area contributed by atoms with E-state index in [2.05, 4.69) is 42.8 Å². The normalized spacial score (nSPS) is 16.9. The van der Waals surface area contributed by atoms with Gasteiger partial charge in [-0.15, -0.1) is 0 Å². The maximum Gasteiger partial charge on any atom is 0.259 e. The van der Waals surface area contributed by atoms with Crippen molar-refractivity contribution in [3.05, 3.63) is 39.2 Å². The van der Waals surface area contributed by atoms with Crippen molar-refractivity contribution in [1.82, 2.24) is 9.97 Å². The van der Waals surface area contributed by atoms with Gasteiger partial charge in [0.25, 0.3) is 5.91 Å². The summed E-state index contributed by atoms with van der Waals surface area (Å²) in [6.07, 6.45) is 3.94. The number of pyridine rings is 2. The van der Waals surface area contributed by atoms with E-state index in [-0.39, 0.29) is 5.91 Å². The summed E-state index contributed by atoms with van der Waals surface area (Å²) >= 11 is 2.21. The van der Waals surface area contributed by atoms with Crippen LogP contribution in [0.25, 0.3) is 0 Å². The van der Waals surface area contributed by atoms with Crippen molar-refractivity contribution in [2.45, 2.75) is 25.8 Å². The predicted molar refractivity (Wildman–Crippen MR) is 89.0 cm³/mol. The summed E-state index contributed by atoms with van der Waals surface area (Å²) in [5.41, 5.74) is 2.43. The van der Waals surface area contributed by atoms with Crippen molar-refractivity contribution < 1.29 is 4.79 Å². The second kappa shape index (κ2) is 4.66. The third-order valence-electron chi connectivity index (χ3n) is 3.80. The molecule has 0 unspecified atom stereocenters. The van der Waals surface area contributed by atoms with Crippen LogP contribution in [-0.2, 0) is 0 Å². The molecule has 4 rings (SSSR count). The molecule has 1 N–H and O–H groups in total. The molecule has 0 saturated heterocycles. The van der Waals surface area contributed by atoms with Gasteiger partial charge in [-0.3, -0.25) is 4.79 Å². The first kappa shape index (κ1) is 13.0. The number of rotatable bonds is 1. The van der Waals surface area contributed by atoms with Gasteiger partial charge in [0, 0.05) is 12.2 Å². The molecule has 2 aromatic heterocycles. The summed E-state index contributed by atoms with van der Waals surface area (Å²) < 4.78 is 0.920. The Morgan fingerprint density at radius 2 is 2.19 bits per heavy atom. The van der Waals surface area contributed by atoms with E-state index in [9.17, 15) is 4.79 Å². The van der Waals surface area contributed by atoms with E-state index < -0.39 is 0 Å². The fourth-order valence-electron chi connectivity index (χ4n) is 2.67. The summed E-state index contributed by atoms with van der Waals surface area (Å²) in [4.78, 5) is 23.7. The van der Waals surface area contributed by atoms with Crippen LogP contribution in [0.5, 0.6) is 0 Å². The Morgan fingerprint density at radius 1 is 1.38 bits per heavy atom. The molecule has 0 atom stereocenters. The topological polar surface area (TPSA) is 58.1 Å². The van der Waals surface area contributed by atoms with Gasteiger partial charge in [0.2, 0.25) is 0 Å². The minimum absolute atomic E-state index is 0.117. The molecule has 1 saturated carbocycles. The van der Waals surface area contributed by atoms with Crippen LogP contribution in [0.1, 0.15) is 28.8 Å². The highest BCUT2D eigenvalue weighted by molar-refractivity contribution is 14.1. The van der Waals surface area contributed by atoms with Crippen molar-refractivity contribution in [3.63, 3.8) is 0 Å². The SMILES string of the molecule is Cc1cc(I)nc2c1NC(=O)c1cccnc1N2C1CC1. The number of amides is 1. The van der Waals surface area contributed by atoms with E-state index in [0.29, 0.717) is 17.4 Å². The minimum Gasteiger partial charge on any atom is -0.318 e. The molecule has 0 radical (unpaired) electrons. The highest BCUT2D eigenvalue weighted by Gasteiger charge is 2.38. The van der Waals surface area contributed by atoms with Crippen LogP contribution in [-0.4, -0.2) is 21.9 Å². The highest BCUT2D eigenvalue weighted by atomic mass is 127. The van der Waals surface area contributed by atoms with Crippen LogP contribution in [0.2, 0.25) is 0 Å². The Kier molecular flexibility index (Phi) is 2.88. The van der Waals surface area contributed by atoms with Gasteiger partial charge in [0.15, 0.2) is 5.82 Å². The number of hydrogen-bond donors (Lipinski definition) is 1. The second-order valence-corrected chi connectivity index (χ2v) is 6.50. The highest BCUT2D eigenvalue weighted by Crippen LogP contribution is 2.44. The summed E-state index contributed by atoms with van der Waals surface area (Å²) in [6.45, 7) is 2.00. The lowest BCUT2D eigenvalue weighted by molar-refractivity contribution is 0.102. The smallest absolute Gasteiger partial charge is 0.259 e. The molecule has 1 aliphatic heterocycles. The molecule has 0 bridgehead atoms. The number of carbonyl (C=O) groups excluding carboxylic acids is 1. The minimum atomic E-state index is -0.117. The molecule has 0 aromatic carbocycles. The number of halogens is 1. The third-order valence-corrected chi connectivity index (χ3v) is 4.36. The number of anilines is 3. The van der Waals surface area contributed by atoms with Crippen LogP contribution in [0.3, 0.4) is 0 Å². The Morgan fingerprint density at radius 3 is 2.95 bits per heavy atom. The standard InChI is InChI=1S/C15H13IN4O/c1-8-7-11(16)18-14-12(8)19-15(21)10-3-2-6-17-13(10)20(14)9-4-5-9/h2-3,6-7,9H,4-5H2,1H3,(H,19,21). The van der Waals surface area contributed by atoms with Gasteiger partial charge in [-0.1, -0.05) is 0 Å². The van der Waals surface area contributed by atoms with E-state index in [1.54, 1.807) is 12.3 Å². The number of aromatic nitrogens is 2. The van der Waals surface area contributed by atoms with Crippen molar-refractivity contribution in [1.29, 1.82) is 0 Å². The lowest BCUT2D eigenvalue weighted by atomic mass is 10.2. The van der Waals surface area contributed by atoms with E-state index >= 15 is 0 Å². The maximum atomic E-state index is 12.5. The van der Waals surface area contributed by atoms with E-state index in [1.165, 1.54) is 0 Å². The zero-order chi connectivity index (χ0) is 14.6. The van der Waals surface area contributed by atoms with Crippen LogP contribution in [0.4, 0.5) is 17.3 Å². The number of hydrogen-bond acceptors (Lipinski definition) is 4. The molecule has 106 valence electrons. The fourth-order valence-corrected chi connectivity index (χ4v) is 3.37. The summed E-state index contributed by atoms with van der Waals surface area (Å²) in [6, 6.07) is 5.98. The third kappa shape index (κ3) is 2.08. The number of carbonyl (C=O) groups is 1. The van der Waals surface area contributed by atoms with E-state index in [4.69, 9.17) is 0 Å². The van der Waals surface area contributed by atoms with Gasteiger partial charge in [-0.25, -0.2) is 9.97 Å². The van der Waals surface area contributed by atoms with Gasteiger partial charge in [-0.2, -0.15) is 0 Å². The molecular weight excluding hydrogens is 379 g/mol. The molecule has 6 heteroatoms. The van der Waals surface area contributed by atoms with Crippen molar-refractivity contribution in [3.8, 4) is 0 Å². The average Bonchev–Trinajstić information content (AvgIpc) is 3.27. The quantitative estimate of drug-likeness (QED) is 0.598. The molecular formula is C15H13IN4O. The fraction of sp³-hybridized carbons (Fsp3) is 0.267. The first-order valence-electron chi connectivity index (χ1n) is 6.88. The average molecular weight is 392 g/mol. The van der Waals surface area contributed by atoms with E-state index in [0.717, 1.165) is 33.6 Å². The van der Waals surface area contributed by atoms with Crippen LogP contribution in [0, 0.1) is 10.6 Å². The zero-order valence-electron chi connectivity index (χ0n) is 11.4. The van der Waals surface area contributed by atoms with Gasteiger partial charge >= 0.3 is 0 Å². The molecule has 5 nitrogen and oxygen atoms in total. The van der Waals surface area contributed by atoms with Gasteiger partial charge in [0.05, 0.1) is 11.3 Å². The summed E-state index contributed by atoms with van der Waals surface area (Å²) in [5.74, 6) is 1.41. The van der Waals surface area contributed by atoms with Crippen LogP contribution >= 0.6 is 22.6 Å². The van der Waals surface area contributed by atoms with Crippen molar-refractivity contribution in [2.75, 3.05) is 10.2 Å². The molecule has 1 aliphatic carbocycles. The number of nitrogens with one attached hydrogen (secondary N) is 1. The molecule has 21 heavy (non-hydrogen) atoms. The number of fused-ring (bicyclic) bond motifs is 2. The van der Waals surface area contributed by atoms with Gasteiger partial charge in [-0.05, 0) is 66.1 Å². The first-order chi connectivity index (χ1) is 10.1. The zero-order valence-corrected chi connectivity index (χ0v) is 13.6. The lowest BCUT2D eigenvalue weighted by Crippen LogP contribution is -2.23. The molecule has 0 spiro atoms. The molecule has 1 amide bonds. The molecule has 2 aromatic rings. The predicted octanol–water partition coefficient (Wildman–Crippen LogP) is 3.26. The summed E-state index contributed by atoms with van der Waals surface area (Å²) in [7, 11) is 0. The number of nitrogens with zero attached hydrogens (tertiary/aromatic N) is 3. The van der Waals surface area contributed by atoms with Crippen LogP contribution < -0.4 is 10.2 Å². The first-order valence-corrected chi connectivity index (χ1v) is 7.96. The van der Waals surface area contributed by atoms with Crippen LogP contribution in [0.15, 0.2) is 24.4 Å². The molecule has 3 heterocycles. The number of aryl methyl sites for hydroxylation is 1. The van der Waals surface area contributed by atoms with E-state index in [1.807, 2.05) is 19.1 Å². The van der Waals surface area contributed by atoms with Gasteiger partial charge < -0.3 is 10.2 Å². The largest absolute Gasteiger partial charge is 0.318 e.